The third kappa shape index (κ3) is 5.60. The monoisotopic (exact) mass is 316 g/mol. The molecule has 1 amide bonds. The largest absolute Gasteiger partial charge is 0.326 e. The van der Waals surface area contributed by atoms with E-state index in [1.165, 1.54) is 6.07 Å². The summed E-state index contributed by atoms with van der Waals surface area (Å²) in [4.78, 5) is 11.6. The van der Waals surface area contributed by atoms with E-state index in [0.29, 0.717) is 22.6 Å². The summed E-state index contributed by atoms with van der Waals surface area (Å²) >= 11 is 3.06. The Kier molecular flexibility index (Phi) is 6.29. The molecule has 1 aromatic carbocycles. The average Bonchev–Trinajstić information content (AvgIpc) is 2.29. The molecule has 1 rings (SSSR count). The minimum Gasteiger partial charge on any atom is -0.326 e. The fourth-order valence-corrected chi connectivity index (χ4v) is 1.68. The minimum absolute atomic E-state index is 0.0951. The van der Waals surface area contributed by atoms with E-state index in [9.17, 15) is 9.18 Å². The SMILES string of the molecule is CC(C)NCCCC(=O)Nc1ccc(Br)c(F)c1. The Bertz CT molecular complexity index is 410. The van der Waals surface area contributed by atoms with Gasteiger partial charge in [0, 0.05) is 18.2 Å². The van der Waals surface area contributed by atoms with Gasteiger partial charge >= 0.3 is 0 Å². The third-order valence-corrected chi connectivity index (χ3v) is 2.98. The molecule has 0 aliphatic rings. The van der Waals surface area contributed by atoms with Crippen LogP contribution in [0.4, 0.5) is 10.1 Å². The second-order valence-corrected chi connectivity index (χ2v) is 5.24. The van der Waals surface area contributed by atoms with Crippen LogP contribution in [-0.2, 0) is 4.79 Å². The van der Waals surface area contributed by atoms with Gasteiger partial charge in [0.15, 0.2) is 0 Å². The van der Waals surface area contributed by atoms with Crippen LogP contribution < -0.4 is 10.6 Å². The minimum atomic E-state index is -0.380. The quantitative estimate of drug-likeness (QED) is 0.791. The van der Waals surface area contributed by atoms with Crippen LogP contribution in [-0.4, -0.2) is 18.5 Å². The zero-order valence-corrected chi connectivity index (χ0v) is 12.2. The van der Waals surface area contributed by atoms with Crippen molar-refractivity contribution in [1.82, 2.24) is 5.32 Å². The Morgan fingerprint density at radius 3 is 2.78 bits per heavy atom. The number of hydrogen-bond acceptors (Lipinski definition) is 2. The summed E-state index contributed by atoms with van der Waals surface area (Å²) in [6.07, 6.45) is 1.19. The predicted molar refractivity (Wildman–Crippen MR) is 75.1 cm³/mol. The first-order valence-electron chi connectivity index (χ1n) is 5.97. The van der Waals surface area contributed by atoms with E-state index in [0.717, 1.165) is 13.0 Å². The molecule has 100 valence electrons. The number of benzene rings is 1. The van der Waals surface area contributed by atoms with Gasteiger partial charge in [0.25, 0.3) is 0 Å². The highest BCUT2D eigenvalue weighted by Gasteiger charge is 2.05. The van der Waals surface area contributed by atoms with Gasteiger partial charge in [0.2, 0.25) is 5.91 Å². The highest BCUT2D eigenvalue weighted by molar-refractivity contribution is 9.10. The normalized spacial score (nSPS) is 10.7. The maximum absolute atomic E-state index is 13.2. The van der Waals surface area contributed by atoms with Crippen molar-refractivity contribution in [1.29, 1.82) is 0 Å². The van der Waals surface area contributed by atoms with Crippen LogP contribution in [0.1, 0.15) is 26.7 Å². The van der Waals surface area contributed by atoms with Gasteiger partial charge < -0.3 is 10.6 Å². The molecule has 0 radical (unpaired) electrons. The van der Waals surface area contributed by atoms with Crippen molar-refractivity contribution in [2.24, 2.45) is 0 Å². The lowest BCUT2D eigenvalue weighted by molar-refractivity contribution is -0.116. The Morgan fingerprint density at radius 2 is 2.17 bits per heavy atom. The van der Waals surface area contributed by atoms with Gasteiger partial charge in [-0.05, 0) is 47.1 Å². The first-order valence-corrected chi connectivity index (χ1v) is 6.76. The highest BCUT2D eigenvalue weighted by Crippen LogP contribution is 2.19. The zero-order valence-electron chi connectivity index (χ0n) is 10.6. The van der Waals surface area contributed by atoms with Gasteiger partial charge in [-0.3, -0.25) is 4.79 Å². The van der Waals surface area contributed by atoms with Crippen molar-refractivity contribution in [2.45, 2.75) is 32.7 Å². The molecule has 0 fully saturated rings. The second kappa shape index (κ2) is 7.48. The molecule has 0 aromatic heterocycles. The predicted octanol–water partition coefficient (Wildman–Crippen LogP) is 3.30. The van der Waals surface area contributed by atoms with Crippen LogP contribution in [0.3, 0.4) is 0 Å². The number of carbonyl (C=O) groups excluding carboxylic acids is 1. The molecule has 3 nitrogen and oxygen atoms in total. The lowest BCUT2D eigenvalue weighted by Gasteiger charge is -2.08. The van der Waals surface area contributed by atoms with Gasteiger partial charge in [-0.15, -0.1) is 0 Å². The van der Waals surface area contributed by atoms with Crippen molar-refractivity contribution < 1.29 is 9.18 Å². The fraction of sp³-hybridized carbons (Fsp3) is 0.462. The summed E-state index contributed by atoms with van der Waals surface area (Å²) in [5, 5.41) is 5.91. The first-order chi connectivity index (χ1) is 8.49. The van der Waals surface area contributed by atoms with E-state index in [2.05, 4.69) is 40.4 Å². The van der Waals surface area contributed by atoms with E-state index >= 15 is 0 Å². The maximum atomic E-state index is 13.2. The Labute approximate surface area is 115 Å². The summed E-state index contributed by atoms with van der Waals surface area (Å²) < 4.78 is 13.6. The molecular formula is C13H18BrFN2O. The molecule has 1 aromatic rings. The first kappa shape index (κ1) is 15.1. The van der Waals surface area contributed by atoms with Crippen molar-refractivity contribution in [2.75, 3.05) is 11.9 Å². The zero-order chi connectivity index (χ0) is 13.5. The number of rotatable bonds is 6. The van der Waals surface area contributed by atoms with Gasteiger partial charge in [0.05, 0.1) is 4.47 Å². The Hall–Kier alpha value is -0.940. The Balaban J connectivity index is 2.33. The van der Waals surface area contributed by atoms with Gasteiger partial charge in [-0.25, -0.2) is 4.39 Å². The van der Waals surface area contributed by atoms with Gasteiger partial charge in [0.1, 0.15) is 5.82 Å². The summed E-state index contributed by atoms with van der Waals surface area (Å²) in [7, 11) is 0. The van der Waals surface area contributed by atoms with E-state index in [-0.39, 0.29) is 11.7 Å². The number of anilines is 1. The fourth-order valence-electron chi connectivity index (χ4n) is 1.44. The van der Waals surface area contributed by atoms with Crippen LogP contribution in [0.5, 0.6) is 0 Å². The number of hydrogen-bond donors (Lipinski definition) is 2. The highest BCUT2D eigenvalue weighted by atomic mass is 79.9. The van der Waals surface area contributed by atoms with E-state index in [1.807, 2.05) is 0 Å². The summed E-state index contributed by atoms with van der Waals surface area (Å²) in [5.74, 6) is -0.475. The smallest absolute Gasteiger partial charge is 0.224 e. The topological polar surface area (TPSA) is 41.1 Å². The number of halogens is 2. The molecule has 18 heavy (non-hydrogen) atoms. The van der Waals surface area contributed by atoms with Crippen molar-refractivity contribution in [3.05, 3.63) is 28.5 Å². The molecular weight excluding hydrogens is 299 g/mol. The molecule has 0 spiro atoms. The van der Waals surface area contributed by atoms with E-state index < -0.39 is 0 Å². The van der Waals surface area contributed by atoms with E-state index in [1.54, 1.807) is 12.1 Å². The standard InChI is InChI=1S/C13H18BrFN2O/c1-9(2)16-7-3-4-13(18)17-10-5-6-11(14)12(15)8-10/h5-6,8-9,16H,3-4,7H2,1-2H3,(H,17,18). The average molecular weight is 317 g/mol. The van der Waals surface area contributed by atoms with Crippen LogP contribution in [0.15, 0.2) is 22.7 Å². The molecule has 0 saturated heterocycles. The molecule has 0 atom stereocenters. The van der Waals surface area contributed by atoms with Gasteiger partial charge in [-0.2, -0.15) is 0 Å². The summed E-state index contributed by atoms with van der Waals surface area (Å²) in [5.41, 5.74) is 0.484. The molecule has 0 unspecified atom stereocenters. The van der Waals surface area contributed by atoms with Crippen LogP contribution in [0.2, 0.25) is 0 Å². The molecule has 5 heteroatoms. The van der Waals surface area contributed by atoms with Crippen molar-refractivity contribution >= 4 is 27.5 Å². The molecule has 0 bridgehead atoms. The number of nitrogens with one attached hydrogen (secondary N) is 2. The summed E-state index contributed by atoms with van der Waals surface area (Å²) in [6, 6.07) is 4.96. The number of carbonyl (C=O) groups is 1. The molecule has 0 heterocycles. The molecule has 0 aliphatic carbocycles. The lowest BCUT2D eigenvalue weighted by Crippen LogP contribution is -2.24. The van der Waals surface area contributed by atoms with E-state index in [4.69, 9.17) is 0 Å². The van der Waals surface area contributed by atoms with Crippen LogP contribution in [0, 0.1) is 5.82 Å². The maximum Gasteiger partial charge on any atom is 0.224 e. The van der Waals surface area contributed by atoms with Crippen molar-refractivity contribution in [3.8, 4) is 0 Å². The Morgan fingerprint density at radius 1 is 1.44 bits per heavy atom. The molecule has 0 saturated carbocycles. The lowest BCUT2D eigenvalue weighted by atomic mass is 10.2. The molecule has 0 aliphatic heterocycles. The van der Waals surface area contributed by atoms with Crippen LogP contribution >= 0.6 is 15.9 Å². The van der Waals surface area contributed by atoms with Crippen molar-refractivity contribution in [3.63, 3.8) is 0 Å². The van der Waals surface area contributed by atoms with Crippen LogP contribution in [0.25, 0.3) is 0 Å². The molecule has 2 N–H and O–H groups in total. The number of amides is 1. The van der Waals surface area contributed by atoms with Gasteiger partial charge in [-0.1, -0.05) is 13.8 Å². The second-order valence-electron chi connectivity index (χ2n) is 4.39. The summed E-state index contributed by atoms with van der Waals surface area (Å²) in [6.45, 7) is 4.93. The third-order valence-electron chi connectivity index (χ3n) is 2.34.